The molecule has 2 aliphatic carbocycles. The minimum atomic E-state index is -0.110. The molecule has 0 radical (unpaired) electrons. The van der Waals surface area contributed by atoms with Crippen LogP contribution in [0.2, 0.25) is 0 Å². The fourth-order valence-corrected chi connectivity index (χ4v) is 9.36. The molecule has 8 aromatic rings. The Kier molecular flexibility index (Phi) is 6.87. The van der Waals surface area contributed by atoms with Crippen LogP contribution in [-0.4, -0.2) is 0 Å². The first-order valence-corrected chi connectivity index (χ1v) is 19.3. The van der Waals surface area contributed by atoms with Crippen molar-refractivity contribution in [3.05, 3.63) is 173 Å². The van der Waals surface area contributed by atoms with Crippen molar-refractivity contribution >= 4 is 39.0 Å². The van der Waals surface area contributed by atoms with Gasteiger partial charge >= 0.3 is 0 Å². The molecule has 0 saturated carbocycles. The van der Waals surface area contributed by atoms with Gasteiger partial charge in [-0.15, -0.1) is 0 Å². The molecule has 0 amide bonds. The van der Waals surface area contributed by atoms with Crippen LogP contribution in [0, 0.1) is 0 Å². The lowest BCUT2D eigenvalue weighted by Crippen LogP contribution is -2.18. The first-order valence-electron chi connectivity index (χ1n) is 19.3. The Hall–Kier alpha value is -5.86. The highest BCUT2D eigenvalue weighted by Gasteiger charge is 2.37. The van der Waals surface area contributed by atoms with E-state index in [-0.39, 0.29) is 16.2 Å². The van der Waals surface area contributed by atoms with Gasteiger partial charge in [0.2, 0.25) is 0 Å². The van der Waals surface area contributed by atoms with Gasteiger partial charge in [-0.05, 0) is 121 Å². The summed E-state index contributed by atoms with van der Waals surface area (Å²) in [7, 11) is 0. The van der Waals surface area contributed by atoms with Gasteiger partial charge in [0.05, 0.1) is 0 Å². The molecular formula is C52H45NO. The Bertz CT molecular complexity index is 2700. The van der Waals surface area contributed by atoms with Crippen LogP contribution in [0.5, 0.6) is 0 Å². The highest BCUT2D eigenvalue weighted by molar-refractivity contribution is 6.08. The maximum absolute atomic E-state index is 6.48. The van der Waals surface area contributed by atoms with E-state index in [0.29, 0.717) is 0 Å². The average molecular weight is 700 g/mol. The summed E-state index contributed by atoms with van der Waals surface area (Å²) in [5, 5.41) is 2.24. The molecule has 54 heavy (non-hydrogen) atoms. The van der Waals surface area contributed by atoms with E-state index in [1.54, 1.807) is 0 Å². The van der Waals surface area contributed by atoms with E-state index < -0.39 is 0 Å². The average Bonchev–Trinajstić information content (AvgIpc) is 3.73. The maximum atomic E-state index is 6.48. The third-order valence-corrected chi connectivity index (χ3v) is 12.4. The number of anilines is 3. The molecule has 2 nitrogen and oxygen atoms in total. The van der Waals surface area contributed by atoms with Crippen molar-refractivity contribution in [2.24, 2.45) is 0 Å². The number of furan rings is 1. The Morgan fingerprint density at radius 1 is 0.426 bits per heavy atom. The molecule has 0 unspecified atom stereocenters. The van der Waals surface area contributed by atoms with Crippen LogP contribution in [0.15, 0.2) is 150 Å². The molecule has 264 valence electrons. The third kappa shape index (κ3) is 4.79. The van der Waals surface area contributed by atoms with Crippen molar-refractivity contribution in [3.63, 3.8) is 0 Å². The summed E-state index contributed by atoms with van der Waals surface area (Å²) in [4.78, 5) is 2.45. The Balaban J connectivity index is 1.15. The second kappa shape index (κ2) is 11.3. The molecule has 2 heteroatoms. The highest BCUT2D eigenvalue weighted by Crippen LogP contribution is 2.53. The van der Waals surface area contributed by atoms with Gasteiger partial charge in [0, 0.05) is 38.7 Å². The van der Waals surface area contributed by atoms with Crippen LogP contribution in [0.3, 0.4) is 0 Å². The van der Waals surface area contributed by atoms with Crippen LogP contribution >= 0.6 is 0 Å². The van der Waals surface area contributed by atoms with Crippen LogP contribution < -0.4 is 4.90 Å². The number of hydrogen-bond acceptors (Lipinski definition) is 2. The van der Waals surface area contributed by atoms with E-state index in [1.165, 1.54) is 61.2 Å². The zero-order valence-corrected chi connectivity index (χ0v) is 32.2. The largest absolute Gasteiger partial charge is 0.456 e. The summed E-state index contributed by atoms with van der Waals surface area (Å²) >= 11 is 0. The summed E-state index contributed by atoms with van der Waals surface area (Å²) < 4.78 is 6.48. The zero-order chi connectivity index (χ0) is 37.1. The van der Waals surface area contributed by atoms with Gasteiger partial charge in [-0.3, -0.25) is 0 Å². The summed E-state index contributed by atoms with van der Waals surface area (Å²) in [6.45, 7) is 16.2. The summed E-state index contributed by atoms with van der Waals surface area (Å²) in [5.74, 6) is 0. The maximum Gasteiger partial charge on any atom is 0.135 e. The number of fused-ring (bicyclic) bond motifs is 9. The standard InChI is InChI=1S/C52H45NO/c1-50(2,3)34-19-16-32(17-20-34)33-18-26-48-42(28-33)43-29-35(23-27-49(43)54-48)53(36-21-24-40-38-12-8-10-14-44(38)51(4,5)46(40)30-36)37-22-25-41-39-13-9-11-15-45(39)52(6,7)47(41)31-37/h8-31H,1-7H3. The van der Waals surface area contributed by atoms with E-state index >= 15 is 0 Å². The minimum Gasteiger partial charge on any atom is -0.456 e. The zero-order valence-electron chi connectivity index (χ0n) is 32.2. The number of nitrogens with zero attached hydrogens (tertiary/aromatic N) is 1. The predicted molar refractivity (Wildman–Crippen MR) is 228 cm³/mol. The van der Waals surface area contributed by atoms with Gasteiger partial charge in [0.15, 0.2) is 0 Å². The van der Waals surface area contributed by atoms with Crippen molar-refractivity contribution in [2.75, 3.05) is 4.90 Å². The molecule has 0 spiro atoms. The highest BCUT2D eigenvalue weighted by atomic mass is 16.3. The molecule has 0 atom stereocenters. The molecule has 2 aliphatic rings. The van der Waals surface area contributed by atoms with Gasteiger partial charge in [-0.1, -0.05) is 139 Å². The van der Waals surface area contributed by atoms with Crippen molar-refractivity contribution < 1.29 is 4.42 Å². The van der Waals surface area contributed by atoms with E-state index in [0.717, 1.165) is 39.0 Å². The lowest BCUT2D eigenvalue weighted by molar-refractivity contribution is 0.590. The Morgan fingerprint density at radius 2 is 0.870 bits per heavy atom. The van der Waals surface area contributed by atoms with Gasteiger partial charge in [-0.2, -0.15) is 0 Å². The smallest absolute Gasteiger partial charge is 0.135 e. The van der Waals surface area contributed by atoms with Gasteiger partial charge in [-0.25, -0.2) is 0 Å². The molecule has 0 bridgehead atoms. The molecule has 0 fully saturated rings. The lowest BCUT2D eigenvalue weighted by atomic mass is 9.82. The van der Waals surface area contributed by atoms with Crippen LogP contribution in [0.1, 0.15) is 76.3 Å². The summed E-state index contributed by atoms with van der Waals surface area (Å²) in [6.07, 6.45) is 0. The van der Waals surface area contributed by atoms with Crippen molar-refractivity contribution in [2.45, 2.75) is 64.7 Å². The molecule has 0 N–H and O–H groups in total. The SMILES string of the molecule is CC(C)(C)c1ccc(-c2ccc3oc4ccc(N(c5ccc6c(c5)C(C)(C)c5ccccc5-6)c5ccc6c(c5)C(C)(C)c5ccccc5-6)cc4c3c2)cc1. The summed E-state index contributed by atoms with van der Waals surface area (Å²) in [5.41, 5.74) is 19.6. The Morgan fingerprint density at radius 3 is 1.43 bits per heavy atom. The van der Waals surface area contributed by atoms with E-state index in [2.05, 4.69) is 199 Å². The van der Waals surface area contributed by atoms with Gasteiger partial charge in [0.1, 0.15) is 11.2 Å². The van der Waals surface area contributed by atoms with E-state index in [9.17, 15) is 0 Å². The fourth-order valence-electron chi connectivity index (χ4n) is 9.36. The van der Waals surface area contributed by atoms with Crippen molar-refractivity contribution in [1.29, 1.82) is 0 Å². The normalized spacial score (nSPS) is 14.9. The van der Waals surface area contributed by atoms with Crippen molar-refractivity contribution in [3.8, 4) is 33.4 Å². The van der Waals surface area contributed by atoms with Crippen LogP contribution in [-0.2, 0) is 16.2 Å². The summed E-state index contributed by atoms with van der Waals surface area (Å²) in [6, 6.07) is 54.2. The second-order valence-corrected chi connectivity index (χ2v) is 17.5. The first kappa shape index (κ1) is 32.8. The molecule has 7 aromatic carbocycles. The van der Waals surface area contributed by atoms with Crippen molar-refractivity contribution in [1.82, 2.24) is 0 Å². The minimum absolute atomic E-state index is 0.110. The molecular weight excluding hydrogens is 655 g/mol. The monoisotopic (exact) mass is 699 g/mol. The second-order valence-electron chi connectivity index (χ2n) is 17.5. The van der Waals surface area contributed by atoms with Crippen LogP contribution in [0.25, 0.3) is 55.3 Å². The molecule has 0 aliphatic heterocycles. The fraction of sp³-hybridized carbons (Fsp3) is 0.192. The van der Waals surface area contributed by atoms with Crippen LogP contribution in [0.4, 0.5) is 17.1 Å². The predicted octanol–water partition coefficient (Wildman–Crippen LogP) is 14.6. The first-order chi connectivity index (χ1) is 25.9. The number of rotatable bonds is 4. The third-order valence-electron chi connectivity index (χ3n) is 12.4. The quantitative estimate of drug-likeness (QED) is 0.182. The number of benzene rings is 7. The van der Waals surface area contributed by atoms with Gasteiger partial charge < -0.3 is 9.32 Å². The molecule has 10 rings (SSSR count). The lowest BCUT2D eigenvalue weighted by Gasteiger charge is -2.29. The van der Waals surface area contributed by atoms with Gasteiger partial charge in [0.25, 0.3) is 0 Å². The number of hydrogen-bond donors (Lipinski definition) is 0. The molecule has 1 aromatic heterocycles. The van der Waals surface area contributed by atoms with E-state index in [1.807, 2.05) is 0 Å². The van der Waals surface area contributed by atoms with E-state index in [4.69, 9.17) is 4.42 Å². The molecule has 0 saturated heterocycles. The topological polar surface area (TPSA) is 16.4 Å². The molecule has 1 heterocycles. The Labute approximate surface area is 318 Å².